The molecule has 0 radical (unpaired) electrons. The van der Waals surface area contributed by atoms with Gasteiger partial charge < -0.3 is 5.73 Å². The number of halogens is 4. The van der Waals surface area contributed by atoms with Crippen LogP contribution in [0.1, 0.15) is 5.56 Å². The van der Waals surface area contributed by atoms with E-state index in [1.165, 1.54) is 6.07 Å². The minimum absolute atomic E-state index is 0.0528. The Hall–Kier alpha value is -1.85. The quantitative estimate of drug-likeness (QED) is 0.706. The minimum atomic E-state index is -4.58. The second-order valence-electron chi connectivity index (χ2n) is 3.24. The summed E-state index contributed by atoms with van der Waals surface area (Å²) in [6, 6.07) is 3.03. The number of fused-ring (bicyclic) bond motifs is 1. The third kappa shape index (κ3) is 1.66. The molecule has 1 aromatic carbocycles. The highest BCUT2D eigenvalue weighted by atomic mass is 19.4. The molecular formula is C10H6F4N2. The van der Waals surface area contributed by atoms with Gasteiger partial charge in [0.15, 0.2) is 0 Å². The average molecular weight is 230 g/mol. The molecule has 0 amide bonds. The summed E-state index contributed by atoms with van der Waals surface area (Å²) in [5.74, 6) is -0.799. The van der Waals surface area contributed by atoms with Gasteiger partial charge in [-0.25, -0.2) is 9.37 Å². The van der Waals surface area contributed by atoms with Gasteiger partial charge in [-0.1, -0.05) is 0 Å². The predicted octanol–water partition coefficient (Wildman–Crippen LogP) is 2.97. The normalized spacial score (nSPS) is 12.0. The van der Waals surface area contributed by atoms with Crippen molar-refractivity contribution in [2.24, 2.45) is 0 Å². The van der Waals surface area contributed by atoms with E-state index in [9.17, 15) is 17.6 Å². The molecule has 2 rings (SSSR count). The number of nitrogens with two attached hydrogens (primary N) is 1. The Kier molecular flexibility index (Phi) is 2.22. The van der Waals surface area contributed by atoms with Crippen LogP contribution in [-0.2, 0) is 6.18 Å². The summed E-state index contributed by atoms with van der Waals surface area (Å²) in [6.45, 7) is 0. The van der Waals surface area contributed by atoms with Gasteiger partial charge in [0.1, 0.15) is 11.6 Å². The number of pyridine rings is 1. The van der Waals surface area contributed by atoms with Crippen LogP contribution in [0, 0.1) is 5.82 Å². The number of hydrogen-bond donors (Lipinski definition) is 1. The van der Waals surface area contributed by atoms with Gasteiger partial charge in [0, 0.05) is 17.0 Å². The van der Waals surface area contributed by atoms with Crippen molar-refractivity contribution in [1.29, 1.82) is 0 Å². The van der Waals surface area contributed by atoms with Gasteiger partial charge in [-0.3, -0.25) is 0 Å². The zero-order valence-electron chi connectivity index (χ0n) is 7.85. The SMILES string of the molecule is Nc1ncc(C(F)(F)F)c2cc(F)ccc12. The van der Waals surface area contributed by atoms with Gasteiger partial charge in [-0.05, 0) is 18.2 Å². The van der Waals surface area contributed by atoms with Crippen LogP contribution < -0.4 is 5.73 Å². The van der Waals surface area contributed by atoms with Crippen LogP contribution in [-0.4, -0.2) is 4.98 Å². The molecule has 0 spiro atoms. The van der Waals surface area contributed by atoms with E-state index < -0.39 is 17.6 Å². The van der Waals surface area contributed by atoms with Gasteiger partial charge in [0.05, 0.1) is 5.56 Å². The van der Waals surface area contributed by atoms with Crippen molar-refractivity contribution >= 4 is 16.6 Å². The number of nitrogens with zero attached hydrogens (tertiary/aromatic N) is 1. The van der Waals surface area contributed by atoms with E-state index in [2.05, 4.69) is 4.98 Å². The van der Waals surface area contributed by atoms with E-state index in [1.807, 2.05) is 0 Å². The number of anilines is 1. The molecular weight excluding hydrogens is 224 g/mol. The first-order chi connectivity index (χ1) is 7.39. The molecule has 0 saturated heterocycles. The molecule has 0 aliphatic rings. The molecule has 2 N–H and O–H groups in total. The molecule has 0 unspecified atom stereocenters. The van der Waals surface area contributed by atoms with Gasteiger partial charge in [-0.2, -0.15) is 13.2 Å². The Balaban J connectivity index is 2.86. The van der Waals surface area contributed by atoms with Crippen molar-refractivity contribution in [2.45, 2.75) is 6.18 Å². The molecule has 0 atom stereocenters. The highest BCUT2D eigenvalue weighted by Gasteiger charge is 2.33. The first-order valence-electron chi connectivity index (χ1n) is 4.30. The van der Waals surface area contributed by atoms with Crippen LogP contribution in [0.2, 0.25) is 0 Å². The lowest BCUT2D eigenvalue weighted by Gasteiger charge is -2.10. The first-order valence-corrected chi connectivity index (χ1v) is 4.30. The van der Waals surface area contributed by atoms with Crippen molar-refractivity contribution in [3.8, 4) is 0 Å². The molecule has 0 aliphatic heterocycles. The topological polar surface area (TPSA) is 38.9 Å². The van der Waals surface area contributed by atoms with Gasteiger partial charge >= 0.3 is 6.18 Å². The Morgan fingerprint density at radius 2 is 1.81 bits per heavy atom. The van der Waals surface area contributed by atoms with Crippen LogP contribution >= 0.6 is 0 Å². The molecule has 84 valence electrons. The van der Waals surface area contributed by atoms with E-state index >= 15 is 0 Å². The molecule has 2 nitrogen and oxygen atoms in total. The Morgan fingerprint density at radius 1 is 1.12 bits per heavy atom. The fourth-order valence-corrected chi connectivity index (χ4v) is 1.46. The first kappa shape index (κ1) is 10.7. The maximum Gasteiger partial charge on any atom is 0.418 e. The predicted molar refractivity (Wildman–Crippen MR) is 51.1 cm³/mol. The van der Waals surface area contributed by atoms with Crippen molar-refractivity contribution in [1.82, 2.24) is 4.98 Å². The molecule has 6 heteroatoms. The van der Waals surface area contributed by atoms with E-state index in [1.54, 1.807) is 0 Å². The number of benzene rings is 1. The summed E-state index contributed by atoms with van der Waals surface area (Å²) < 4.78 is 50.6. The van der Waals surface area contributed by atoms with Crippen LogP contribution in [0.4, 0.5) is 23.4 Å². The molecule has 1 aromatic heterocycles. The molecule has 2 aromatic rings. The maximum absolute atomic E-state index is 12.9. The van der Waals surface area contributed by atoms with E-state index in [-0.39, 0.29) is 16.6 Å². The van der Waals surface area contributed by atoms with Gasteiger partial charge in [-0.15, -0.1) is 0 Å². The maximum atomic E-state index is 12.9. The summed E-state index contributed by atoms with van der Waals surface area (Å²) in [5.41, 5.74) is 4.43. The van der Waals surface area contributed by atoms with Crippen LogP contribution in [0.3, 0.4) is 0 Å². The zero-order valence-corrected chi connectivity index (χ0v) is 7.85. The number of aromatic nitrogens is 1. The third-order valence-corrected chi connectivity index (χ3v) is 2.19. The summed E-state index contributed by atoms with van der Waals surface area (Å²) in [5, 5.41) is -0.184. The summed E-state index contributed by atoms with van der Waals surface area (Å²) in [6.07, 6.45) is -3.97. The standard InChI is InChI=1S/C10H6F4N2/c11-5-1-2-6-7(3-5)8(10(12,13)14)4-16-9(6)15/h1-4H,(H2,15,16). The highest BCUT2D eigenvalue weighted by molar-refractivity contribution is 5.93. The summed E-state index contributed by atoms with van der Waals surface area (Å²) in [4.78, 5) is 3.44. The van der Waals surface area contributed by atoms with Crippen molar-refractivity contribution in [3.63, 3.8) is 0 Å². The third-order valence-electron chi connectivity index (χ3n) is 2.19. The van der Waals surface area contributed by atoms with Gasteiger partial charge in [0.2, 0.25) is 0 Å². The second kappa shape index (κ2) is 3.33. The van der Waals surface area contributed by atoms with E-state index in [0.29, 0.717) is 6.20 Å². The number of rotatable bonds is 0. The molecule has 0 fully saturated rings. The average Bonchev–Trinajstić information content (AvgIpc) is 2.15. The molecule has 1 heterocycles. The summed E-state index contributed by atoms with van der Waals surface area (Å²) >= 11 is 0. The van der Waals surface area contributed by atoms with E-state index in [0.717, 1.165) is 12.1 Å². The number of hydrogen-bond acceptors (Lipinski definition) is 2. The molecule has 0 saturated carbocycles. The fourth-order valence-electron chi connectivity index (χ4n) is 1.46. The molecule has 0 aliphatic carbocycles. The Labute approximate surface area is 87.7 Å². The Morgan fingerprint density at radius 3 is 2.44 bits per heavy atom. The van der Waals surface area contributed by atoms with Crippen LogP contribution in [0.5, 0.6) is 0 Å². The lowest BCUT2D eigenvalue weighted by Crippen LogP contribution is -2.08. The fraction of sp³-hybridized carbons (Fsp3) is 0.100. The zero-order chi connectivity index (χ0) is 11.9. The van der Waals surface area contributed by atoms with Crippen molar-refractivity contribution in [3.05, 3.63) is 35.8 Å². The number of alkyl halides is 3. The number of nitrogen functional groups attached to an aromatic ring is 1. The smallest absolute Gasteiger partial charge is 0.383 e. The lowest BCUT2D eigenvalue weighted by molar-refractivity contribution is -0.136. The van der Waals surface area contributed by atoms with Crippen LogP contribution in [0.15, 0.2) is 24.4 Å². The van der Waals surface area contributed by atoms with Crippen molar-refractivity contribution in [2.75, 3.05) is 5.73 Å². The Bertz CT molecular complexity index is 548. The highest BCUT2D eigenvalue weighted by Crippen LogP contribution is 2.35. The minimum Gasteiger partial charge on any atom is -0.383 e. The lowest BCUT2D eigenvalue weighted by atomic mass is 10.1. The monoisotopic (exact) mass is 230 g/mol. The molecule has 0 bridgehead atoms. The second-order valence-corrected chi connectivity index (χ2v) is 3.24. The summed E-state index contributed by atoms with van der Waals surface area (Å²) in [7, 11) is 0. The van der Waals surface area contributed by atoms with Gasteiger partial charge in [0.25, 0.3) is 0 Å². The van der Waals surface area contributed by atoms with E-state index in [4.69, 9.17) is 5.73 Å². The van der Waals surface area contributed by atoms with Crippen LogP contribution in [0.25, 0.3) is 10.8 Å². The molecule has 16 heavy (non-hydrogen) atoms. The van der Waals surface area contributed by atoms with Crippen molar-refractivity contribution < 1.29 is 17.6 Å². The largest absolute Gasteiger partial charge is 0.418 e.